The molecule has 3 heterocycles. The van der Waals surface area contributed by atoms with E-state index < -0.39 is 0 Å². The predicted octanol–water partition coefficient (Wildman–Crippen LogP) is 6.57. The summed E-state index contributed by atoms with van der Waals surface area (Å²) in [5, 5.41) is 2.22. The minimum Gasteiger partial charge on any atom is -0.256 e. The molecule has 0 saturated carbocycles. The zero-order chi connectivity index (χ0) is 21.3. The lowest BCUT2D eigenvalue weighted by atomic mass is 9.96. The largest absolute Gasteiger partial charge is 0.256 e. The van der Waals surface area contributed by atoms with E-state index in [9.17, 15) is 0 Å². The normalized spacial score (nSPS) is 11.1. The zero-order valence-corrected chi connectivity index (χ0v) is 17.2. The maximum absolute atomic E-state index is 4.66. The summed E-state index contributed by atoms with van der Waals surface area (Å²) in [7, 11) is 0. The molecule has 0 N–H and O–H groups in total. The maximum atomic E-state index is 4.66. The summed E-state index contributed by atoms with van der Waals surface area (Å²) < 4.78 is 0. The van der Waals surface area contributed by atoms with E-state index in [0.29, 0.717) is 5.82 Å². The van der Waals surface area contributed by atoms with Gasteiger partial charge in [0.1, 0.15) is 0 Å². The number of hydrogen-bond acceptors (Lipinski definition) is 4. The van der Waals surface area contributed by atoms with E-state index >= 15 is 0 Å². The molecule has 0 aliphatic carbocycles. The highest BCUT2D eigenvalue weighted by Gasteiger charge is 2.10. The molecule has 4 heteroatoms. The van der Waals surface area contributed by atoms with Crippen LogP contribution in [0.2, 0.25) is 0 Å². The number of pyridine rings is 2. The van der Waals surface area contributed by atoms with Crippen LogP contribution in [0.5, 0.6) is 0 Å². The summed E-state index contributed by atoms with van der Waals surface area (Å²) in [6.45, 7) is 0. The van der Waals surface area contributed by atoms with Gasteiger partial charge in [-0.3, -0.25) is 9.97 Å². The van der Waals surface area contributed by atoms with E-state index in [2.05, 4.69) is 62.4 Å². The molecule has 0 radical (unpaired) electrons. The van der Waals surface area contributed by atoms with Crippen LogP contribution in [0.4, 0.5) is 0 Å². The van der Waals surface area contributed by atoms with Crippen molar-refractivity contribution < 1.29 is 0 Å². The first-order chi connectivity index (χ1) is 15.8. The van der Waals surface area contributed by atoms with E-state index in [1.54, 1.807) is 12.4 Å². The third-order valence-corrected chi connectivity index (χ3v) is 5.60. The van der Waals surface area contributed by atoms with Crippen LogP contribution >= 0.6 is 0 Å². The van der Waals surface area contributed by atoms with Gasteiger partial charge in [0, 0.05) is 52.3 Å². The molecule has 0 aliphatic heterocycles. The first-order valence-corrected chi connectivity index (χ1v) is 10.5. The van der Waals surface area contributed by atoms with Crippen LogP contribution < -0.4 is 0 Å². The third-order valence-electron chi connectivity index (χ3n) is 5.60. The average molecular weight is 410 g/mol. The fourth-order valence-electron chi connectivity index (χ4n) is 4.00. The van der Waals surface area contributed by atoms with Crippen LogP contribution in [0.3, 0.4) is 0 Å². The molecule has 32 heavy (non-hydrogen) atoms. The summed E-state index contributed by atoms with van der Waals surface area (Å²) in [5.41, 5.74) is 7.16. The van der Waals surface area contributed by atoms with E-state index in [0.717, 1.165) is 49.6 Å². The molecule has 4 nitrogen and oxygen atoms in total. The van der Waals surface area contributed by atoms with E-state index in [-0.39, 0.29) is 0 Å². The standard InChI is InChI=1S/C28H18N4/c1-3-8-26-19(6-1)12-24(17-31-26)21-14-22(16-23(15-21)28-29-10-5-11-30-28)25-13-20-7-2-4-9-27(20)32-18-25/h1-18H. The summed E-state index contributed by atoms with van der Waals surface area (Å²) in [5.74, 6) is 0.693. The van der Waals surface area contributed by atoms with Crippen molar-refractivity contribution in [1.29, 1.82) is 0 Å². The van der Waals surface area contributed by atoms with Crippen molar-refractivity contribution in [2.75, 3.05) is 0 Å². The number of aromatic nitrogens is 4. The maximum Gasteiger partial charge on any atom is 0.159 e. The van der Waals surface area contributed by atoms with Gasteiger partial charge in [-0.25, -0.2) is 9.97 Å². The van der Waals surface area contributed by atoms with E-state index in [1.807, 2.05) is 54.9 Å². The van der Waals surface area contributed by atoms with Gasteiger partial charge in [0.2, 0.25) is 0 Å². The lowest BCUT2D eigenvalue weighted by Gasteiger charge is -2.11. The highest BCUT2D eigenvalue weighted by atomic mass is 14.8. The van der Waals surface area contributed by atoms with Crippen molar-refractivity contribution in [2.24, 2.45) is 0 Å². The minimum atomic E-state index is 0.693. The Balaban J connectivity index is 1.56. The molecule has 0 saturated heterocycles. The highest BCUT2D eigenvalue weighted by Crippen LogP contribution is 2.33. The van der Waals surface area contributed by atoms with Crippen LogP contribution in [0, 0.1) is 0 Å². The number of hydrogen-bond donors (Lipinski definition) is 0. The average Bonchev–Trinajstić information content (AvgIpc) is 2.88. The van der Waals surface area contributed by atoms with E-state index in [4.69, 9.17) is 0 Å². The summed E-state index contributed by atoms with van der Waals surface area (Å²) in [4.78, 5) is 18.3. The van der Waals surface area contributed by atoms with Gasteiger partial charge in [0.05, 0.1) is 11.0 Å². The minimum absolute atomic E-state index is 0.693. The molecule has 0 unspecified atom stereocenters. The molecule has 0 amide bonds. The summed E-state index contributed by atoms with van der Waals surface area (Å²) in [6.07, 6.45) is 7.39. The van der Waals surface area contributed by atoms with Crippen molar-refractivity contribution in [3.8, 4) is 33.6 Å². The number of nitrogens with zero attached hydrogens (tertiary/aromatic N) is 4. The van der Waals surface area contributed by atoms with Crippen molar-refractivity contribution in [2.45, 2.75) is 0 Å². The molecule has 3 aromatic heterocycles. The predicted molar refractivity (Wildman–Crippen MR) is 129 cm³/mol. The van der Waals surface area contributed by atoms with Crippen LogP contribution in [0.15, 0.2) is 110 Å². The molecule has 0 aliphatic rings. The fourth-order valence-corrected chi connectivity index (χ4v) is 4.00. The number of benzene rings is 3. The number of fused-ring (bicyclic) bond motifs is 2. The second-order valence-corrected chi connectivity index (χ2v) is 7.70. The molecule has 0 spiro atoms. The smallest absolute Gasteiger partial charge is 0.159 e. The van der Waals surface area contributed by atoms with Gasteiger partial charge in [0.25, 0.3) is 0 Å². The van der Waals surface area contributed by atoms with Crippen LogP contribution in [0.25, 0.3) is 55.4 Å². The van der Waals surface area contributed by atoms with Crippen molar-refractivity contribution in [3.63, 3.8) is 0 Å². The van der Waals surface area contributed by atoms with Gasteiger partial charge in [-0.1, -0.05) is 36.4 Å². The molecule has 6 rings (SSSR count). The fraction of sp³-hybridized carbons (Fsp3) is 0. The lowest BCUT2D eigenvalue weighted by molar-refractivity contribution is 1.18. The summed E-state index contributed by atoms with van der Waals surface area (Å²) in [6, 6.07) is 28.9. The Kier molecular flexibility index (Phi) is 4.40. The van der Waals surface area contributed by atoms with Gasteiger partial charge < -0.3 is 0 Å². The quantitative estimate of drug-likeness (QED) is 0.331. The van der Waals surface area contributed by atoms with Gasteiger partial charge in [0.15, 0.2) is 5.82 Å². The van der Waals surface area contributed by atoms with Crippen molar-refractivity contribution in [3.05, 3.63) is 110 Å². The van der Waals surface area contributed by atoms with Gasteiger partial charge in [-0.15, -0.1) is 0 Å². The van der Waals surface area contributed by atoms with Gasteiger partial charge >= 0.3 is 0 Å². The second kappa shape index (κ2) is 7.67. The molecule has 3 aromatic carbocycles. The second-order valence-electron chi connectivity index (χ2n) is 7.70. The molecule has 6 aromatic rings. The highest BCUT2D eigenvalue weighted by molar-refractivity contribution is 5.88. The topological polar surface area (TPSA) is 51.6 Å². The zero-order valence-electron chi connectivity index (χ0n) is 17.2. The van der Waals surface area contributed by atoms with Crippen molar-refractivity contribution >= 4 is 21.8 Å². The Bertz CT molecular complexity index is 1480. The Morgan fingerprint density at radius 3 is 1.47 bits per heavy atom. The number of rotatable bonds is 3. The van der Waals surface area contributed by atoms with Gasteiger partial charge in [-0.2, -0.15) is 0 Å². The Hall–Kier alpha value is -4.44. The SMILES string of the molecule is c1cnc(-c2cc(-c3cnc4ccccc4c3)cc(-c3cnc4ccccc4c3)c2)nc1. The molecule has 150 valence electrons. The lowest BCUT2D eigenvalue weighted by Crippen LogP contribution is -1.91. The Labute approximate surface area is 185 Å². The number of para-hydroxylation sites is 2. The first kappa shape index (κ1) is 18.3. The van der Waals surface area contributed by atoms with Crippen molar-refractivity contribution in [1.82, 2.24) is 19.9 Å². The molecule has 0 atom stereocenters. The van der Waals surface area contributed by atoms with Crippen LogP contribution in [-0.2, 0) is 0 Å². The van der Waals surface area contributed by atoms with E-state index in [1.165, 1.54) is 0 Å². The molecular weight excluding hydrogens is 392 g/mol. The molecule has 0 fully saturated rings. The summed E-state index contributed by atoms with van der Waals surface area (Å²) >= 11 is 0. The third kappa shape index (κ3) is 3.38. The monoisotopic (exact) mass is 410 g/mol. The van der Waals surface area contributed by atoms with Gasteiger partial charge in [-0.05, 0) is 59.7 Å². The first-order valence-electron chi connectivity index (χ1n) is 10.5. The molecule has 0 bridgehead atoms. The van der Waals surface area contributed by atoms with Crippen LogP contribution in [-0.4, -0.2) is 19.9 Å². The Morgan fingerprint density at radius 2 is 0.906 bits per heavy atom. The Morgan fingerprint density at radius 1 is 0.406 bits per heavy atom. The van der Waals surface area contributed by atoms with Crippen LogP contribution in [0.1, 0.15) is 0 Å². The molecular formula is C28H18N4.